The van der Waals surface area contributed by atoms with Gasteiger partial charge in [0, 0.05) is 40.3 Å². The maximum Gasteiger partial charge on any atom is 0.336 e. The normalized spacial score (nSPS) is 16.9. The van der Waals surface area contributed by atoms with Crippen LogP contribution >= 0.6 is 11.6 Å². The largest absolute Gasteiger partial charge is 0.463 e. The molecular formula is C31H28ClN5O3. The molecule has 3 heterocycles. The minimum atomic E-state index is -0.835. The number of nitrogens with one attached hydrogen (secondary N) is 1. The number of halogens is 1. The third-order valence-corrected chi connectivity index (χ3v) is 7.07. The number of pyridine rings is 1. The van der Waals surface area contributed by atoms with Gasteiger partial charge in [0.2, 0.25) is 5.91 Å². The molecule has 40 heavy (non-hydrogen) atoms. The molecule has 0 bridgehead atoms. The predicted molar refractivity (Wildman–Crippen MR) is 156 cm³/mol. The second kappa shape index (κ2) is 11.7. The summed E-state index contributed by atoms with van der Waals surface area (Å²) in [5.41, 5.74) is 4.41. The van der Waals surface area contributed by atoms with Crippen LogP contribution in [0, 0.1) is 12.8 Å². The van der Waals surface area contributed by atoms with Gasteiger partial charge >= 0.3 is 5.97 Å². The molecule has 0 spiro atoms. The fourth-order valence-electron chi connectivity index (χ4n) is 4.91. The zero-order valence-corrected chi connectivity index (χ0v) is 23.1. The first kappa shape index (κ1) is 27.0. The summed E-state index contributed by atoms with van der Waals surface area (Å²) in [5.74, 6) is -2.09. The first-order valence-electron chi connectivity index (χ1n) is 12.9. The van der Waals surface area contributed by atoms with Gasteiger partial charge in [0.15, 0.2) is 0 Å². The van der Waals surface area contributed by atoms with E-state index < -0.39 is 17.8 Å². The standard InChI is InChI=1S/C31H28ClN5O3/c1-4-40-31(39)28-27(23-9-5-6-10-24(23)32)26(30(38)36-25-11-7-8-16-33-25)20(3)35-29(28)21-12-14-22(15-13-21)37-17-19(2)34-18-37/h5-18,26-27H,4H2,1-3H3,(H,33,36,38). The topological polar surface area (TPSA) is 98.5 Å². The van der Waals surface area contributed by atoms with Crippen LogP contribution in [0.25, 0.3) is 11.4 Å². The molecule has 2 aromatic heterocycles. The number of benzene rings is 2. The minimum Gasteiger partial charge on any atom is -0.463 e. The number of anilines is 1. The molecule has 2 aromatic carbocycles. The van der Waals surface area contributed by atoms with Gasteiger partial charge in [-0.15, -0.1) is 0 Å². The Balaban J connectivity index is 1.66. The molecule has 8 nitrogen and oxygen atoms in total. The van der Waals surface area contributed by atoms with Crippen molar-refractivity contribution in [2.24, 2.45) is 10.9 Å². The molecule has 1 amide bonds. The molecule has 4 aromatic rings. The Hall–Kier alpha value is -4.56. The van der Waals surface area contributed by atoms with E-state index in [1.807, 2.05) is 60.2 Å². The number of carbonyl (C=O) groups excluding carboxylic acids is 2. The third kappa shape index (κ3) is 5.44. The van der Waals surface area contributed by atoms with Gasteiger partial charge in [-0.2, -0.15) is 0 Å². The Morgan fingerprint density at radius 1 is 1.00 bits per heavy atom. The monoisotopic (exact) mass is 553 g/mol. The summed E-state index contributed by atoms with van der Waals surface area (Å²) >= 11 is 6.70. The van der Waals surface area contributed by atoms with E-state index in [2.05, 4.69) is 15.3 Å². The van der Waals surface area contributed by atoms with Crippen molar-refractivity contribution >= 4 is 40.7 Å². The Kier molecular flexibility index (Phi) is 7.89. The SMILES string of the molecule is CCOC(=O)C1=C(c2ccc(-n3cnc(C)c3)cc2)N=C(C)C(C(=O)Nc2ccccn2)C1c1ccccc1Cl. The van der Waals surface area contributed by atoms with Gasteiger partial charge in [0.05, 0.1) is 35.8 Å². The van der Waals surface area contributed by atoms with E-state index in [9.17, 15) is 9.59 Å². The predicted octanol–water partition coefficient (Wildman–Crippen LogP) is 6.02. The first-order valence-corrected chi connectivity index (χ1v) is 13.3. The van der Waals surface area contributed by atoms with Crippen LogP contribution in [0.5, 0.6) is 0 Å². The average molecular weight is 554 g/mol. The van der Waals surface area contributed by atoms with E-state index in [1.54, 1.807) is 50.6 Å². The summed E-state index contributed by atoms with van der Waals surface area (Å²) in [6.45, 7) is 5.62. The Morgan fingerprint density at radius 2 is 1.75 bits per heavy atom. The molecular weight excluding hydrogens is 526 g/mol. The van der Waals surface area contributed by atoms with Crippen LogP contribution in [0.2, 0.25) is 5.02 Å². The zero-order valence-electron chi connectivity index (χ0n) is 22.3. The van der Waals surface area contributed by atoms with Crippen LogP contribution in [-0.4, -0.2) is 38.7 Å². The molecule has 9 heteroatoms. The maximum absolute atomic E-state index is 13.8. The second-order valence-electron chi connectivity index (χ2n) is 9.39. The molecule has 0 fully saturated rings. The number of amides is 1. The maximum atomic E-state index is 13.8. The highest BCUT2D eigenvalue weighted by molar-refractivity contribution is 6.31. The summed E-state index contributed by atoms with van der Waals surface area (Å²) in [5, 5.41) is 3.31. The van der Waals surface area contributed by atoms with Crippen molar-refractivity contribution < 1.29 is 14.3 Å². The molecule has 5 rings (SSSR count). The fourth-order valence-corrected chi connectivity index (χ4v) is 5.17. The van der Waals surface area contributed by atoms with Gasteiger partial charge in [-0.3, -0.25) is 9.79 Å². The van der Waals surface area contributed by atoms with Crippen LogP contribution in [-0.2, 0) is 14.3 Å². The van der Waals surface area contributed by atoms with Crippen LogP contribution in [0.1, 0.15) is 36.6 Å². The summed E-state index contributed by atoms with van der Waals surface area (Å²) in [7, 11) is 0. The van der Waals surface area contributed by atoms with E-state index in [4.69, 9.17) is 21.3 Å². The van der Waals surface area contributed by atoms with Crippen molar-refractivity contribution in [3.63, 3.8) is 0 Å². The Bertz CT molecular complexity index is 1610. The number of esters is 1. The second-order valence-corrected chi connectivity index (χ2v) is 9.79. The Morgan fingerprint density at radius 3 is 2.40 bits per heavy atom. The Labute approximate surface area is 237 Å². The minimum absolute atomic E-state index is 0.164. The summed E-state index contributed by atoms with van der Waals surface area (Å²) < 4.78 is 7.45. The molecule has 0 radical (unpaired) electrons. The number of hydrogen-bond acceptors (Lipinski definition) is 6. The number of hydrogen-bond donors (Lipinski definition) is 1. The highest BCUT2D eigenvalue weighted by atomic mass is 35.5. The molecule has 1 aliphatic rings. The molecule has 2 unspecified atom stereocenters. The van der Waals surface area contributed by atoms with Crippen LogP contribution in [0.3, 0.4) is 0 Å². The molecule has 0 saturated carbocycles. The van der Waals surface area contributed by atoms with Crippen LogP contribution in [0.15, 0.2) is 96.0 Å². The lowest BCUT2D eigenvalue weighted by Crippen LogP contribution is -2.38. The summed E-state index contributed by atoms with van der Waals surface area (Å²) in [4.78, 5) is 40.8. The quantitative estimate of drug-likeness (QED) is 0.282. The van der Waals surface area contributed by atoms with E-state index in [-0.39, 0.29) is 18.1 Å². The van der Waals surface area contributed by atoms with Crippen LogP contribution < -0.4 is 5.32 Å². The third-order valence-electron chi connectivity index (χ3n) is 6.72. The van der Waals surface area contributed by atoms with Gasteiger partial charge in [0.25, 0.3) is 0 Å². The molecule has 0 saturated heterocycles. The van der Waals surface area contributed by atoms with Gasteiger partial charge in [0.1, 0.15) is 5.82 Å². The fraction of sp³-hybridized carbons (Fsp3) is 0.194. The average Bonchev–Trinajstić information content (AvgIpc) is 3.39. The van der Waals surface area contributed by atoms with Gasteiger partial charge in [-0.05, 0) is 56.7 Å². The summed E-state index contributed by atoms with van der Waals surface area (Å²) in [6.07, 6.45) is 5.27. The zero-order chi connectivity index (χ0) is 28.2. The number of carbonyl (C=O) groups is 2. The number of imidazole rings is 1. The van der Waals surface area contributed by atoms with E-state index >= 15 is 0 Å². The molecule has 0 aliphatic carbocycles. The van der Waals surface area contributed by atoms with Gasteiger partial charge in [-0.25, -0.2) is 14.8 Å². The highest BCUT2D eigenvalue weighted by Crippen LogP contribution is 2.45. The van der Waals surface area contributed by atoms with Gasteiger partial charge < -0.3 is 14.6 Å². The number of aliphatic imine (C=N–C) groups is 1. The molecule has 2 atom stereocenters. The van der Waals surface area contributed by atoms with Gasteiger partial charge in [-0.1, -0.05) is 48.0 Å². The number of aryl methyl sites for hydroxylation is 1. The van der Waals surface area contributed by atoms with Crippen LogP contribution in [0.4, 0.5) is 5.82 Å². The van der Waals surface area contributed by atoms with E-state index in [1.165, 1.54) is 0 Å². The first-order chi connectivity index (χ1) is 19.4. The van der Waals surface area contributed by atoms with Crippen molar-refractivity contribution in [1.29, 1.82) is 0 Å². The highest BCUT2D eigenvalue weighted by Gasteiger charge is 2.43. The number of rotatable bonds is 7. The number of nitrogens with zero attached hydrogens (tertiary/aromatic N) is 4. The van der Waals surface area contributed by atoms with Crippen molar-refractivity contribution in [2.75, 3.05) is 11.9 Å². The lowest BCUT2D eigenvalue weighted by molar-refractivity contribution is -0.138. The van der Waals surface area contributed by atoms with Crippen molar-refractivity contribution in [1.82, 2.24) is 14.5 Å². The smallest absolute Gasteiger partial charge is 0.336 e. The number of ether oxygens (including phenoxy) is 1. The molecule has 1 N–H and O–H groups in total. The summed E-state index contributed by atoms with van der Waals surface area (Å²) in [6, 6.07) is 20.1. The number of aromatic nitrogens is 3. The lowest BCUT2D eigenvalue weighted by Gasteiger charge is -2.33. The van der Waals surface area contributed by atoms with Crippen molar-refractivity contribution in [3.05, 3.63) is 113 Å². The molecule has 202 valence electrons. The molecule has 1 aliphatic heterocycles. The van der Waals surface area contributed by atoms with Crippen molar-refractivity contribution in [3.8, 4) is 5.69 Å². The lowest BCUT2D eigenvalue weighted by atomic mass is 9.74. The van der Waals surface area contributed by atoms with E-state index in [0.717, 1.165) is 11.4 Å². The van der Waals surface area contributed by atoms with Crippen molar-refractivity contribution in [2.45, 2.75) is 26.7 Å². The van der Waals surface area contributed by atoms with E-state index in [0.29, 0.717) is 33.4 Å².